The number of hydrogen-bond acceptors (Lipinski definition) is 2. The first-order valence-corrected chi connectivity index (χ1v) is 7.22. The van der Waals surface area contributed by atoms with Gasteiger partial charge in [-0.25, -0.2) is 0 Å². The third-order valence-corrected chi connectivity index (χ3v) is 4.78. The van der Waals surface area contributed by atoms with Crippen molar-refractivity contribution in [2.45, 2.75) is 64.5 Å². The van der Waals surface area contributed by atoms with Crippen LogP contribution in [0.5, 0.6) is 0 Å². The van der Waals surface area contributed by atoms with Crippen molar-refractivity contribution < 1.29 is 0 Å². The molecule has 2 nitrogen and oxygen atoms in total. The van der Waals surface area contributed by atoms with Crippen LogP contribution in [0.2, 0.25) is 0 Å². The molecule has 2 fully saturated rings. The van der Waals surface area contributed by atoms with Gasteiger partial charge in [0.15, 0.2) is 0 Å². The van der Waals surface area contributed by atoms with Crippen LogP contribution < -0.4 is 5.73 Å². The third-order valence-electron chi connectivity index (χ3n) is 4.78. The second kappa shape index (κ2) is 5.50. The Kier molecular flexibility index (Phi) is 4.26. The molecule has 2 saturated carbocycles. The van der Waals surface area contributed by atoms with Crippen molar-refractivity contribution in [1.82, 2.24) is 4.90 Å². The van der Waals surface area contributed by atoms with Gasteiger partial charge in [-0.2, -0.15) is 0 Å². The fourth-order valence-corrected chi connectivity index (χ4v) is 3.79. The van der Waals surface area contributed by atoms with Gasteiger partial charge in [-0.1, -0.05) is 26.7 Å². The van der Waals surface area contributed by atoms with Crippen LogP contribution in [0.3, 0.4) is 0 Å². The maximum absolute atomic E-state index is 5.95. The highest BCUT2D eigenvalue weighted by Crippen LogP contribution is 2.36. The van der Waals surface area contributed by atoms with Crippen LogP contribution in [0.1, 0.15) is 52.4 Å². The summed E-state index contributed by atoms with van der Waals surface area (Å²) in [5.74, 6) is 1.73. The SMILES string of the molecule is CCN(C1CC(C)C1)C1CCCCC1CN. The first-order chi connectivity index (χ1) is 7.76. The maximum Gasteiger partial charge on any atom is 0.0138 e. The number of rotatable bonds is 4. The van der Waals surface area contributed by atoms with Gasteiger partial charge in [0.2, 0.25) is 0 Å². The van der Waals surface area contributed by atoms with Crippen molar-refractivity contribution in [1.29, 1.82) is 0 Å². The largest absolute Gasteiger partial charge is 0.330 e. The van der Waals surface area contributed by atoms with Crippen molar-refractivity contribution in [2.24, 2.45) is 17.6 Å². The quantitative estimate of drug-likeness (QED) is 0.795. The second-order valence-electron chi connectivity index (χ2n) is 5.91. The van der Waals surface area contributed by atoms with Gasteiger partial charge in [-0.3, -0.25) is 4.90 Å². The van der Waals surface area contributed by atoms with E-state index in [2.05, 4.69) is 18.7 Å². The van der Waals surface area contributed by atoms with Crippen LogP contribution in [-0.4, -0.2) is 30.1 Å². The summed E-state index contributed by atoms with van der Waals surface area (Å²) in [6.07, 6.45) is 8.40. The standard InChI is InChI=1S/C14H28N2/c1-3-16(13-8-11(2)9-13)14-7-5-4-6-12(14)10-15/h11-14H,3-10,15H2,1-2H3. The van der Waals surface area contributed by atoms with E-state index in [-0.39, 0.29) is 0 Å². The topological polar surface area (TPSA) is 29.3 Å². The van der Waals surface area contributed by atoms with Crippen molar-refractivity contribution in [2.75, 3.05) is 13.1 Å². The normalized spacial score (nSPS) is 39.8. The Morgan fingerprint density at radius 2 is 1.88 bits per heavy atom. The molecule has 0 bridgehead atoms. The molecule has 0 radical (unpaired) electrons. The monoisotopic (exact) mass is 224 g/mol. The molecule has 0 saturated heterocycles. The Labute approximate surface area is 101 Å². The van der Waals surface area contributed by atoms with Gasteiger partial charge in [0.25, 0.3) is 0 Å². The number of hydrogen-bond donors (Lipinski definition) is 1. The summed E-state index contributed by atoms with van der Waals surface area (Å²) in [4.78, 5) is 2.77. The average molecular weight is 224 g/mol. The molecule has 0 amide bonds. The van der Waals surface area contributed by atoms with E-state index in [1.165, 1.54) is 45.1 Å². The molecule has 94 valence electrons. The van der Waals surface area contributed by atoms with Crippen LogP contribution in [0, 0.1) is 11.8 Å². The van der Waals surface area contributed by atoms with E-state index in [1.54, 1.807) is 0 Å². The van der Waals surface area contributed by atoms with Crippen molar-refractivity contribution in [3.05, 3.63) is 0 Å². The Morgan fingerprint density at radius 1 is 1.19 bits per heavy atom. The highest BCUT2D eigenvalue weighted by Gasteiger charge is 2.37. The smallest absolute Gasteiger partial charge is 0.0138 e. The van der Waals surface area contributed by atoms with Gasteiger partial charge in [0.1, 0.15) is 0 Å². The molecule has 2 unspecified atom stereocenters. The zero-order valence-electron chi connectivity index (χ0n) is 11.0. The van der Waals surface area contributed by atoms with Crippen molar-refractivity contribution in [3.63, 3.8) is 0 Å². The lowest BCUT2D eigenvalue weighted by Gasteiger charge is -2.48. The molecular weight excluding hydrogens is 196 g/mol. The molecule has 0 aromatic carbocycles. The minimum Gasteiger partial charge on any atom is -0.330 e. The summed E-state index contributed by atoms with van der Waals surface area (Å²) in [6.45, 7) is 6.82. The molecular formula is C14H28N2. The van der Waals surface area contributed by atoms with E-state index in [0.29, 0.717) is 0 Å². The van der Waals surface area contributed by atoms with Crippen LogP contribution in [0.15, 0.2) is 0 Å². The molecule has 2 N–H and O–H groups in total. The molecule has 2 aliphatic carbocycles. The minimum atomic E-state index is 0.768. The molecule has 0 aliphatic heterocycles. The molecule has 2 atom stereocenters. The lowest BCUT2D eigenvalue weighted by Crippen LogP contribution is -2.53. The summed E-state index contributed by atoms with van der Waals surface area (Å²) in [6, 6.07) is 1.67. The molecule has 0 aromatic heterocycles. The number of nitrogens with two attached hydrogens (primary N) is 1. The molecule has 2 rings (SSSR count). The van der Waals surface area contributed by atoms with Crippen molar-refractivity contribution >= 4 is 0 Å². The molecule has 16 heavy (non-hydrogen) atoms. The second-order valence-corrected chi connectivity index (χ2v) is 5.91. The van der Waals surface area contributed by atoms with Gasteiger partial charge >= 0.3 is 0 Å². The molecule has 0 heterocycles. The van der Waals surface area contributed by atoms with E-state index in [1.807, 2.05) is 0 Å². The van der Waals surface area contributed by atoms with Gasteiger partial charge in [-0.15, -0.1) is 0 Å². The predicted molar refractivity (Wildman–Crippen MR) is 69.4 cm³/mol. The summed E-state index contributed by atoms with van der Waals surface area (Å²) in [5.41, 5.74) is 5.95. The van der Waals surface area contributed by atoms with Crippen molar-refractivity contribution in [3.8, 4) is 0 Å². The Bertz CT molecular complexity index is 211. The van der Waals surface area contributed by atoms with E-state index in [0.717, 1.165) is 30.5 Å². The number of nitrogens with zero attached hydrogens (tertiary/aromatic N) is 1. The highest BCUT2D eigenvalue weighted by atomic mass is 15.2. The van der Waals surface area contributed by atoms with Crippen LogP contribution in [0.25, 0.3) is 0 Å². The lowest BCUT2D eigenvalue weighted by molar-refractivity contribution is 0.0138. The lowest BCUT2D eigenvalue weighted by atomic mass is 9.77. The minimum absolute atomic E-state index is 0.768. The molecule has 2 aliphatic rings. The molecule has 0 spiro atoms. The molecule has 2 heteroatoms. The Hall–Kier alpha value is -0.0800. The van der Waals surface area contributed by atoms with E-state index in [4.69, 9.17) is 5.73 Å². The van der Waals surface area contributed by atoms with Gasteiger partial charge in [0, 0.05) is 12.1 Å². The zero-order chi connectivity index (χ0) is 11.5. The average Bonchev–Trinajstić information content (AvgIpc) is 2.28. The highest BCUT2D eigenvalue weighted by molar-refractivity contribution is 4.92. The summed E-state index contributed by atoms with van der Waals surface area (Å²) in [5, 5.41) is 0. The first kappa shape index (κ1) is 12.4. The fraction of sp³-hybridized carbons (Fsp3) is 1.00. The van der Waals surface area contributed by atoms with E-state index >= 15 is 0 Å². The first-order valence-electron chi connectivity index (χ1n) is 7.22. The van der Waals surface area contributed by atoms with Gasteiger partial charge < -0.3 is 5.73 Å². The van der Waals surface area contributed by atoms with E-state index in [9.17, 15) is 0 Å². The van der Waals surface area contributed by atoms with E-state index < -0.39 is 0 Å². The van der Waals surface area contributed by atoms with Crippen LogP contribution in [-0.2, 0) is 0 Å². The van der Waals surface area contributed by atoms with Crippen LogP contribution in [0.4, 0.5) is 0 Å². The fourth-order valence-electron chi connectivity index (χ4n) is 3.79. The predicted octanol–water partition coefficient (Wildman–Crippen LogP) is 2.62. The maximum atomic E-state index is 5.95. The zero-order valence-corrected chi connectivity index (χ0v) is 11.0. The summed E-state index contributed by atoms with van der Waals surface area (Å²) < 4.78 is 0. The molecule has 0 aromatic rings. The van der Waals surface area contributed by atoms with Crippen LogP contribution >= 0.6 is 0 Å². The Morgan fingerprint density at radius 3 is 2.44 bits per heavy atom. The Balaban J connectivity index is 1.95. The summed E-state index contributed by atoms with van der Waals surface area (Å²) >= 11 is 0. The third kappa shape index (κ3) is 2.43. The summed E-state index contributed by atoms with van der Waals surface area (Å²) in [7, 11) is 0. The van der Waals surface area contributed by atoms with Gasteiger partial charge in [-0.05, 0) is 50.6 Å². The van der Waals surface area contributed by atoms with Gasteiger partial charge in [0.05, 0.1) is 0 Å².